The van der Waals surface area contributed by atoms with E-state index in [2.05, 4.69) is 29.8 Å². The van der Waals surface area contributed by atoms with Crippen LogP contribution < -0.4 is 4.74 Å². The first kappa shape index (κ1) is 15.0. The quantitative estimate of drug-likeness (QED) is 0.453. The third-order valence-electron chi connectivity index (χ3n) is 2.98. The van der Waals surface area contributed by atoms with Gasteiger partial charge in [-0.1, -0.05) is 29.8 Å². The maximum absolute atomic E-state index is 10.7. The summed E-state index contributed by atoms with van der Waals surface area (Å²) >= 11 is 3.46. The van der Waals surface area contributed by atoms with E-state index in [4.69, 9.17) is 4.74 Å². The summed E-state index contributed by atoms with van der Waals surface area (Å²) in [7, 11) is 0. The van der Waals surface area contributed by atoms with E-state index in [0.29, 0.717) is 24.2 Å². The molecule has 5 heteroatoms. The van der Waals surface area contributed by atoms with Gasteiger partial charge in [-0.05, 0) is 24.5 Å². The maximum atomic E-state index is 10.7. The highest BCUT2D eigenvalue weighted by molar-refractivity contribution is 9.09. The SMILES string of the molecule is Cc1ccc([N+](=O)[O-])cc1OCC(CBr)C(C)C. The Labute approximate surface area is 116 Å². The van der Waals surface area contributed by atoms with Crippen LogP contribution in [0.15, 0.2) is 18.2 Å². The molecule has 0 bridgehead atoms. The molecular weight excluding hydrogens is 298 g/mol. The van der Waals surface area contributed by atoms with Gasteiger partial charge in [0.15, 0.2) is 0 Å². The molecule has 0 radical (unpaired) electrons. The van der Waals surface area contributed by atoms with E-state index in [1.165, 1.54) is 12.1 Å². The second-order valence-electron chi connectivity index (χ2n) is 4.68. The summed E-state index contributed by atoms with van der Waals surface area (Å²) in [5, 5.41) is 11.6. The fourth-order valence-corrected chi connectivity index (χ4v) is 2.40. The van der Waals surface area contributed by atoms with Crippen LogP contribution in [0.1, 0.15) is 19.4 Å². The highest BCUT2D eigenvalue weighted by Crippen LogP contribution is 2.25. The number of nitro groups is 1. The van der Waals surface area contributed by atoms with Crippen molar-refractivity contribution in [3.63, 3.8) is 0 Å². The molecule has 0 fully saturated rings. The molecule has 1 aromatic carbocycles. The van der Waals surface area contributed by atoms with Gasteiger partial charge in [-0.2, -0.15) is 0 Å². The van der Waals surface area contributed by atoms with Crippen LogP contribution >= 0.6 is 15.9 Å². The second-order valence-corrected chi connectivity index (χ2v) is 5.32. The molecule has 0 aliphatic rings. The number of benzene rings is 1. The molecule has 18 heavy (non-hydrogen) atoms. The monoisotopic (exact) mass is 315 g/mol. The van der Waals surface area contributed by atoms with Gasteiger partial charge in [-0.3, -0.25) is 10.1 Å². The van der Waals surface area contributed by atoms with Crippen LogP contribution in [0.5, 0.6) is 5.75 Å². The van der Waals surface area contributed by atoms with Crippen LogP contribution in [0.3, 0.4) is 0 Å². The molecule has 0 heterocycles. The predicted molar refractivity (Wildman–Crippen MR) is 75.5 cm³/mol. The summed E-state index contributed by atoms with van der Waals surface area (Å²) < 4.78 is 5.71. The summed E-state index contributed by atoms with van der Waals surface area (Å²) in [6.07, 6.45) is 0. The number of ether oxygens (including phenoxy) is 1. The molecule has 4 nitrogen and oxygen atoms in total. The van der Waals surface area contributed by atoms with Gasteiger partial charge >= 0.3 is 0 Å². The first-order chi connectivity index (χ1) is 8.45. The third kappa shape index (κ3) is 3.98. The number of non-ortho nitro benzene ring substituents is 1. The predicted octanol–water partition coefficient (Wildman–Crippen LogP) is 3.95. The minimum Gasteiger partial charge on any atom is -0.493 e. The third-order valence-corrected chi connectivity index (χ3v) is 3.81. The van der Waals surface area contributed by atoms with Gasteiger partial charge in [0.25, 0.3) is 5.69 Å². The Morgan fingerprint density at radius 3 is 2.61 bits per heavy atom. The van der Waals surface area contributed by atoms with E-state index in [9.17, 15) is 10.1 Å². The first-order valence-electron chi connectivity index (χ1n) is 5.89. The zero-order chi connectivity index (χ0) is 13.7. The smallest absolute Gasteiger partial charge is 0.273 e. The Hall–Kier alpha value is -1.10. The zero-order valence-corrected chi connectivity index (χ0v) is 12.4. The van der Waals surface area contributed by atoms with Crippen molar-refractivity contribution in [1.82, 2.24) is 0 Å². The molecule has 0 saturated heterocycles. The van der Waals surface area contributed by atoms with Crippen molar-refractivity contribution in [2.24, 2.45) is 11.8 Å². The molecule has 0 amide bonds. The van der Waals surface area contributed by atoms with E-state index < -0.39 is 4.92 Å². The van der Waals surface area contributed by atoms with E-state index in [1.54, 1.807) is 6.07 Å². The number of rotatable bonds is 6. The lowest BCUT2D eigenvalue weighted by Crippen LogP contribution is -2.19. The molecular formula is C13H18BrNO3. The summed E-state index contributed by atoms with van der Waals surface area (Å²) in [4.78, 5) is 10.3. The topological polar surface area (TPSA) is 52.4 Å². The number of alkyl halides is 1. The lowest BCUT2D eigenvalue weighted by Gasteiger charge is -2.19. The fraction of sp³-hybridized carbons (Fsp3) is 0.538. The zero-order valence-electron chi connectivity index (χ0n) is 10.9. The van der Waals surface area contributed by atoms with Crippen molar-refractivity contribution >= 4 is 21.6 Å². The van der Waals surface area contributed by atoms with Crippen molar-refractivity contribution in [3.8, 4) is 5.75 Å². The summed E-state index contributed by atoms with van der Waals surface area (Å²) in [6.45, 7) is 6.72. The lowest BCUT2D eigenvalue weighted by molar-refractivity contribution is -0.385. The van der Waals surface area contributed by atoms with Crippen LogP contribution in [0.2, 0.25) is 0 Å². The minimum atomic E-state index is -0.406. The molecule has 0 N–H and O–H groups in total. The summed E-state index contributed by atoms with van der Waals surface area (Å²) in [5.74, 6) is 1.49. The Morgan fingerprint density at radius 2 is 2.11 bits per heavy atom. The van der Waals surface area contributed by atoms with Gasteiger partial charge in [-0.25, -0.2) is 0 Å². The average Bonchev–Trinajstić information content (AvgIpc) is 2.31. The molecule has 1 rings (SSSR count). The molecule has 0 aliphatic heterocycles. The lowest BCUT2D eigenvalue weighted by atomic mass is 9.99. The average molecular weight is 316 g/mol. The highest BCUT2D eigenvalue weighted by atomic mass is 79.9. The second kappa shape index (κ2) is 6.73. The van der Waals surface area contributed by atoms with E-state index in [1.807, 2.05) is 6.92 Å². The number of nitro benzene ring substituents is 1. The summed E-state index contributed by atoms with van der Waals surface area (Å²) in [6, 6.07) is 4.69. The van der Waals surface area contributed by atoms with Crippen molar-refractivity contribution in [3.05, 3.63) is 33.9 Å². The minimum absolute atomic E-state index is 0.0653. The van der Waals surface area contributed by atoms with Crippen molar-refractivity contribution in [1.29, 1.82) is 0 Å². The molecule has 1 atom stereocenters. The molecule has 0 aromatic heterocycles. The van der Waals surface area contributed by atoms with Gasteiger partial charge in [0, 0.05) is 17.3 Å². The molecule has 0 aliphatic carbocycles. The molecule has 1 aromatic rings. The van der Waals surface area contributed by atoms with Crippen molar-refractivity contribution in [2.45, 2.75) is 20.8 Å². The number of aryl methyl sites for hydroxylation is 1. The maximum Gasteiger partial charge on any atom is 0.273 e. The molecule has 0 spiro atoms. The van der Waals surface area contributed by atoms with Crippen LogP contribution in [0.25, 0.3) is 0 Å². The Morgan fingerprint density at radius 1 is 1.44 bits per heavy atom. The summed E-state index contributed by atoms with van der Waals surface area (Å²) in [5.41, 5.74) is 0.980. The number of halogens is 1. The standard InChI is InChI=1S/C13H18BrNO3/c1-9(2)11(7-14)8-18-13-6-12(15(16)17)5-4-10(13)3/h4-6,9,11H,7-8H2,1-3H3. The largest absolute Gasteiger partial charge is 0.493 e. The van der Waals surface area contributed by atoms with Crippen molar-refractivity contribution < 1.29 is 9.66 Å². The van der Waals surface area contributed by atoms with E-state index in [-0.39, 0.29) is 5.69 Å². The molecule has 1 unspecified atom stereocenters. The van der Waals surface area contributed by atoms with Crippen LogP contribution in [-0.4, -0.2) is 16.9 Å². The van der Waals surface area contributed by atoms with Crippen LogP contribution in [-0.2, 0) is 0 Å². The molecule has 100 valence electrons. The van der Waals surface area contributed by atoms with Gasteiger partial charge in [0.2, 0.25) is 0 Å². The van der Waals surface area contributed by atoms with Crippen LogP contribution in [0, 0.1) is 28.9 Å². The number of hydrogen-bond donors (Lipinski definition) is 0. The Bertz CT molecular complexity index is 421. The van der Waals surface area contributed by atoms with E-state index in [0.717, 1.165) is 10.9 Å². The fourth-order valence-electron chi connectivity index (χ4n) is 1.47. The normalized spacial score (nSPS) is 12.5. The Kier molecular flexibility index (Phi) is 5.59. The Balaban J connectivity index is 2.77. The van der Waals surface area contributed by atoms with Crippen molar-refractivity contribution in [2.75, 3.05) is 11.9 Å². The van der Waals surface area contributed by atoms with Gasteiger partial charge < -0.3 is 4.74 Å². The number of nitrogens with zero attached hydrogens (tertiary/aromatic N) is 1. The van der Waals surface area contributed by atoms with E-state index >= 15 is 0 Å². The van der Waals surface area contributed by atoms with Gasteiger partial charge in [0.05, 0.1) is 17.6 Å². The van der Waals surface area contributed by atoms with Gasteiger partial charge in [-0.15, -0.1) is 0 Å². The molecule has 0 saturated carbocycles. The highest BCUT2D eigenvalue weighted by Gasteiger charge is 2.15. The number of hydrogen-bond acceptors (Lipinski definition) is 3. The first-order valence-corrected chi connectivity index (χ1v) is 7.01. The van der Waals surface area contributed by atoms with Gasteiger partial charge in [0.1, 0.15) is 5.75 Å². The van der Waals surface area contributed by atoms with Crippen LogP contribution in [0.4, 0.5) is 5.69 Å².